The van der Waals surface area contributed by atoms with Gasteiger partial charge in [-0.2, -0.15) is 0 Å². The van der Waals surface area contributed by atoms with Gasteiger partial charge in [0, 0.05) is 0 Å². The molecule has 1 aromatic carbocycles. The number of nitrogens with zero attached hydrogens (tertiary/aromatic N) is 1. The van der Waals surface area contributed by atoms with E-state index < -0.39 is 18.4 Å². The summed E-state index contributed by atoms with van der Waals surface area (Å²) < 4.78 is 11.9. The van der Waals surface area contributed by atoms with Crippen molar-refractivity contribution < 1.29 is 19.1 Å². The van der Waals surface area contributed by atoms with E-state index in [1.54, 1.807) is 0 Å². The van der Waals surface area contributed by atoms with Crippen LogP contribution < -0.4 is 3.58 Å². The van der Waals surface area contributed by atoms with E-state index in [4.69, 9.17) is 9.47 Å². The van der Waals surface area contributed by atoms with E-state index in [1.165, 1.54) is 16.3 Å². The molecule has 148 valence electrons. The zero-order valence-corrected chi connectivity index (χ0v) is 19.9. The molecule has 2 aliphatic rings. The van der Waals surface area contributed by atoms with E-state index in [0.717, 1.165) is 19.3 Å². The Hall–Kier alpha value is -1.24. The molecule has 0 radical (unpaired) electrons. The molecule has 0 aliphatic carbocycles. The van der Waals surface area contributed by atoms with Gasteiger partial charge < -0.3 is 0 Å². The van der Waals surface area contributed by atoms with Crippen LogP contribution in [-0.2, 0) is 14.3 Å². The van der Waals surface area contributed by atoms with Gasteiger partial charge in [-0.05, 0) is 0 Å². The summed E-state index contributed by atoms with van der Waals surface area (Å²) in [7, 11) is 1.44. The van der Waals surface area contributed by atoms with E-state index in [1.807, 2.05) is 11.8 Å². The molecule has 1 amide bonds. The molecule has 2 aliphatic heterocycles. The Morgan fingerprint density at radius 1 is 1.15 bits per heavy atom. The van der Waals surface area contributed by atoms with Crippen LogP contribution in [0.2, 0.25) is 14.8 Å². The number of esters is 1. The normalized spacial score (nSPS) is 27.4. The Morgan fingerprint density at radius 3 is 2.37 bits per heavy atom. The molecule has 0 spiro atoms. The van der Waals surface area contributed by atoms with Gasteiger partial charge in [-0.3, -0.25) is 0 Å². The van der Waals surface area contributed by atoms with Gasteiger partial charge in [0.2, 0.25) is 0 Å². The third kappa shape index (κ3) is 3.98. The number of amides is 1. The number of ether oxygens (including phenoxy) is 2. The van der Waals surface area contributed by atoms with Gasteiger partial charge in [0.05, 0.1) is 0 Å². The Labute approximate surface area is 166 Å². The van der Waals surface area contributed by atoms with E-state index >= 15 is 0 Å². The molecule has 4 atom stereocenters. The van der Waals surface area contributed by atoms with Gasteiger partial charge >= 0.3 is 166 Å². The molecule has 0 saturated carbocycles. The van der Waals surface area contributed by atoms with E-state index in [-0.39, 0.29) is 36.0 Å². The average molecular weight is 480 g/mol. The molecule has 2 fully saturated rings. The van der Waals surface area contributed by atoms with Crippen LogP contribution in [0.15, 0.2) is 24.3 Å². The Morgan fingerprint density at radius 2 is 1.81 bits per heavy atom. The van der Waals surface area contributed by atoms with Crippen LogP contribution in [0.4, 0.5) is 4.79 Å². The molecule has 2 saturated heterocycles. The molecule has 0 aromatic heterocycles. The van der Waals surface area contributed by atoms with Crippen molar-refractivity contribution in [3.05, 3.63) is 29.8 Å². The Balaban J connectivity index is 1.92. The maximum absolute atomic E-state index is 12.7. The van der Waals surface area contributed by atoms with Crippen molar-refractivity contribution in [2.75, 3.05) is 13.7 Å². The molecule has 0 N–H and O–H groups in total. The van der Waals surface area contributed by atoms with Gasteiger partial charge in [-0.15, -0.1) is 0 Å². The first kappa shape index (κ1) is 20.5. The van der Waals surface area contributed by atoms with Crippen molar-refractivity contribution in [2.24, 2.45) is 5.92 Å². The third-order valence-corrected chi connectivity index (χ3v) is 12.0. The van der Waals surface area contributed by atoms with Crippen LogP contribution in [-0.4, -0.2) is 61.1 Å². The van der Waals surface area contributed by atoms with Crippen molar-refractivity contribution in [3.8, 4) is 0 Å². The molecular formula is C21H31NO4Sn. The first-order valence-corrected chi connectivity index (χ1v) is 19.9. The summed E-state index contributed by atoms with van der Waals surface area (Å²) in [6, 6.07) is 8.89. The number of benzene rings is 1. The van der Waals surface area contributed by atoms with Gasteiger partial charge in [0.15, 0.2) is 0 Å². The summed E-state index contributed by atoms with van der Waals surface area (Å²) in [5.74, 6) is -0.467. The van der Waals surface area contributed by atoms with Crippen molar-refractivity contribution in [1.82, 2.24) is 4.90 Å². The van der Waals surface area contributed by atoms with Crippen molar-refractivity contribution in [2.45, 2.75) is 59.0 Å². The third-order valence-electron chi connectivity index (χ3n) is 6.08. The summed E-state index contributed by atoms with van der Waals surface area (Å²) in [4.78, 5) is 34.2. The predicted octanol–water partition coefficient (Wildman–Crippen LogP) is 3.50. The summed E-state index contributed by atoms with van der Waals surface area (Å²) in [5.41, 5.74) is 1.19. The van der Waals surface area contributed by atoms with Gasteiger partial charge in [0.1, 0.15) is 0 Å². The number of carbonyl (C=O) groups is 2. The van der Waals surface area contributed by atoms with Gasteiger partial charge in [-0.25, -0.2) is 0 Å². The SMILES string of the molecule is CCOC(=O)N1C2CCC1C(C(=O)OC)C(c1cc[c]([Sn]([CH3])([CH3])[CH3])cc1)C2. The number of piperidine rings is 1. The molecule has 2 heterocycles. The quantitative estimate of drug-likeness (QED) is 0.490. The van der Waals surface area contributed by atoms with E-state index in [0.29, 0.717) is 6.61 Å². The van der Waals surface area contributed by atoms with Crippen molar-refractivity contribution in [1.29, 1.82) is 0 Å². The first-order chi connectivity index (χ1) is 12.8. The predicted molar refractivity (Wildman–Crippen MR) is 108 cm³/mol. The Kier molecular flexibility index (Phi) is 6.08. The van der Waals surface area contributed by atoms with Crippen LogP contribution in [0, 0.1) is 5.92 Å². The zero-order chi connectivity index (χ0) is 19.8. The molecule has 3 rings (SSSR count). The van der Waals surface area contributed by atoms with Crippen LogP contribution in [0.25, 0.3) is 0 Å². The molecular weight excluding hydrogens is 449 g/mol. The van der Waals surface area contributed by atoms with E-state index in [2.05, 4.69) is 39.1 Å². The summed E-state index contributed by atoms with van der Waals surface area (Å²) in [6.07, 6.45) is 2.24. The molecule has 6 heteroatoms. The fourth-order valence-corrected chi connectivity index (χ4v) is 8.05. The minimum absolute atomic E-state index is 0.0878. The van der Waals surface area contributed by atoms with Crippen LogP contribution in [0.3, 0.4) is 0 Å². The van der Waals surface area contributed by atoms with Gasteiger partial charge in [-0.1, -0.05) is 0 Å². The second-order valence-electron chi connectivity index (χ2n) is 8.67. The monoisotopic (exact) mass is 481 g/mol. The summed E-state index contributed by atoms with van der Waals surface area (Å²) in [6.45, 7) is 2.16. The number of fused-ring (bicyclic) bond motifs is 2. The van der Waals surface area contributed by atoms with E-state index in [9.17, 15) is 9.59 Å². The number of rotatable bonds is 4. The summed E-state index contributed by atoms with van der Waals surface area (Å²) >= 11 is -2.11. The fraction of sp³-hybridized carbons (Fsp3) is 0.619. The maximum atomic E-state index is 12.7. The zero-order valence-electron chi connectivity index (χ0n) is 17.0. The molecule has 1 aromatic rings. The van der Waals surface area contributed by atoms with Crippen molar-refractivity contribution in [3.63, 3.8) is 0 Å². The minimum atomic E-state index is -2.11. The topological polar surface area (TPSA) is 55.8 Å². The Bertz CT molecular complexity index is 697. The number of methoxy groups -OCH3 is 1. The first-order valence-electron chi connectivity index (χ1n) is 9.91. The fourth-order valence-electron chi connectivity index (χ4n) is 4.72. The molecule has 5 nitrogen and oxygen atoms in total. The summed E-state index contributed by atoms with van der Waals surface area (Å²) in [5, 5.41) is 0. The van der Waals surface area contributed by atoms with Gasteiger partial charge in [0.25, 0.3) is 0 Å². The van der Waals surface area contributed by atoms with Crippen molar-refractivity contribution >= 4 is 34.0 Å². The second kappa shape index (κ2) is 8.01. The molecule has 4 unspecified atom stereocenters. The number of carbonyl (C=O) groups excluding carboxylic acids is 2. The van der Waals surface area contributed by atoms with Crippen LogP contribution in [0.5, 0.6) is 0 Å². The van der Waals surface area contributed by atoms with Crippen LogP contribution >= 0.6 is 0 Å². The average Bonchev–Trinajstić information content (AvgIpc) is 2.94. The molecule has 2 bridgehead atoms. The molecule has 27 heavy (non-hydrogen) atoms. The number of hydrogen-bond acceptors (Lipinski definition) is 4. The number of hydrogen-bond donors (Lipinski definition) is 0. The standard InChI is InChI=1S/C18H22NO4.3CH3.Sn/c1-3-23-18(21)19-13-9-10-15(19)16(17(20)22-2)14(11-13)12-7-5-4-6-8-12;;;;/h5-8,13-16H,3,9-11H2,1-2H3;3*1H3;. The van der Waals surface area contributed by atoms with Crippen LogP contribution in [0.1, 0.15) is 37.7 Å². The second-order valence-corrected chi connectivity index (χ2v) is 23.2.